The normalized spacial score (nSPS) is 9.56. The van der Waals surface area contributed by atoms with Crippen molar-refractivity contribution in [2.24, 2.45) is 0 Å². The SMILES string of the molecule is C[Si](C)(C)CS(=O)[O-].[C-]#[O+].[C-]#[O+].[Fe].[c-]1[c-][c-][cH-][c-]1. The van der Waals surface area contributed by atoms with Crippen molar-refractivity contribution < 1.29 is 35.1 Å². The Morgan fingerprint density at radius 1 is 1.17 bits per heavy atom. The number of hydrogen-bond acceptors (Lipinski definition) is 2. The molecule has 0 heterocycles. The summed E-state index contributed by atoms with van der Waals surface area (Å²) in [4.78, 5) is 0. The van der Waals surface area contributed by atoms with Gasteiger partial charge < -0.3 is 34.9 Å². The summed E-state index contributed by atoms with van der Waals surface area (Å²) in [6.45, 7) is 15.1. The summed E-state index contributed by atoms with van der Waals surface area (Å²) >= 11 is -1.82. The van der Waals surface area contributed by atoms with E-state index in [1.165, 1.54) is 0 Å². The van der Waals surface area contributed by atoms with E-state index in [-0.39, 0.29) is 17.1 Å². The second-order valence-corrected chi connectivity index (χ2v) is 10.6. The van der Waals surface area contributed by atoms with E-state index in [0.717, 1.165) is 0 Å². The van der Waals surface area contributed by atoms with Crippen LogP contribution in [0.4, 0.5) is 0 Å². The third kappa shape index (κ3) is 36.1. The van der Waals surface area contributed by atoms with Crippen LogP contribution in [0.5, 0.6) is 0 Å². The molecule has 0 bridgehead atoms. The second-order valence-electron chi connectivity index (χ2n) is 3.69. The minimum Gasteiger partial charge on any atom is -0.999 e. The molecular formula is C11H12FeO4SSi-6. The summed E-state index contributed by atoms with van der Waals surface area (Å²) in [6.07, 6.45) is 0. The Bertz CT molecular complexity index is 281. The van der Waals surface area contributed by atoms with E-state index >= 15 is 0 Å². The molecule has 0 spiro atoms. The molecule has 18 heavy (non-hydrogen) atoms. The third-order valence-corrected chi connectivity index (χ3v) is 5.31. The van der Waals surface area contributed by atoms with Gasteiger partial charge in [-0.1, -0.05) is 30.7 Å². The van der Waals surface area contributed by atoms with E-state index in [4.69, 9.17) is 9.30 Å². The van der Waals surface area contributed by atoms with Gasteiger partial charge in [0.05, 0.1) is 8.07 Å². The molecule has 7 heteroatoms. The van der Waals surface area contributed by atoms with Gasteiger partial charge in [-0.3, -0.25) is 4.21 Å². The molecule has 1 rings (SSSR count). The van der Waals surface area contributed by atoms with E-state index in [2.05, 4.69) is 37.6 Å². The van der Waals surface area contributed by atoms with Crippen LogP contribution in [-0.2, 0) is 37.5 Å². The molecule has 0 aromatic heterocycles. The van der Waals surface area contributed by atoms with E-state index in [1.807, 2.05) is 19.6 Å². The summed E-state index contributed by atoms with van der Waals surface area (Å²) in [5.74, 6) is 0. The first-order chi connectivity index (χ1) is 7.92. The zero-order valence-corrected chi connectivity index (χ0v) is 13.1. The van der Waals surface area contributed by atoms with Gasteiger partial charge in [0.25, 0.3) is 0 Å². The summed E-state index contributed by atoms with van der Waals surface area (Å²) in [6, 6.07) is 12.0. The summed E-state index contributed by atoms with van der Waals surface area (Å²) in [5, 5.41) is 0.382. The summed E-state index contributed by atoms with van der Waals surface area (Å²) < 4.78 is 35.1. The van der Waals surface area contributed by atoms with E-state index in [9.17, 15) is 8.76 Å². The zero-order chi connectivity index (χ0) is 14.3. The van der Waals surface area contributed by atoms with Gasteiger partial charge >= 0.3 is 22.6 Å². The minimum absolute atomic E-state index is 0. The first-order valence-electron chi connectivity index (χ1n) is 4.21. The number of hydrogen-bond donors (Lipinski definition) is 0. The van der Waals surface area contributed by atoms with E-state index < -0.39 is 19.2 Å². The predicted octanol–water partition coefficient (Wildman–Crippen LogP) is 1.27. The Balaban J connectivity index is -0.0000000847. The van der Waals surface area contributed by atoms with Crippen molar-refractivity contribution in [2.75, 3.05) is 5.38 Å². The van der Waals surface area contributed by atoms with Crippen LogP contribution in [0, 0.1) is 37.6 Å². The standard InChI is InChI=1S/C5H.C4H12O2SSi.2CO.Fe/c1-2-4-5-3-1;1-8(2,3)4-7(5)6;2*1-2;/h1H;4H2,1-3H3,(H,5,6);;;/q-5;;;;/p-1. The monoisotopic (exact) mass is 324 g/mol. The summed E-state index contributed by atoms with van der Waals surface area (Å²) in [5.41, 5.74) is 0. The van der Waals surface area contributed by atoms with Gasteiger partial charge in [0.2, 0.25) is 0 Å². The van der Waals surface area contributed by atoms with Crippen molar-refractivity contribution in [1.82, 2.24) is 0 Å². The van der Waals surface area contributed by atoms with Gasteiger partial charge in [-0.25, -0.2) is 0 Å². The average Bonchev–Trinajstić information content (AvgIpc) is 2.78. The average molecular weight is 324 g/mol. The molecule has 0 aliphatic rings. The second kappa shape index (κ2) is 19.0. The van der Waals surface area contributed by atoms with Crippen LogP contribution in [0.25, 0.3) is 0 Å². The molecule has 0 N–H and O–H groups in total. The molecule has 0 aliphatic carbocycles. The van der Waals surface area contributed by atoms with Crippen molar-refractivity contribution in [3.8, 4) is 0 Å². The van der Waals surface area contributed by atoms with E-state index in [1.54, 1.807) is 6.07 Å². The largest absolute Gasteiger partial charge is 0.999 e. The van der Waals surface area contributed by atoms with Crippen LogP contribution in [0.2, 0.25) is 19.6 Å². The van der Waals surface area contributed by atoms with Crippen LogP contribution >= 0.6 is 0 Å². The van der Waals surface area contributed by atoms with Gasteiger partial charge in [-0.15, -0.1) is 0 Å². The van der Waals surface area contributed by atoms with Gasteiger partial charge in [0.1, 0.15) is 0 Å². The van der Waals surface area contributed by atoms with Crippen molar-refractivity contribution in [2.45, 2.75) is 19.6 Å². The Labute approximate surface area is 123 Å². The molecule has 1 unspecified atom stereocenters. The van der Waals surface area contributed by atoms with Crippen LogP contribution in [0.1, 0.15) is 0 Å². The molecule has 4 nitrogen and oxygen atoms in total. The van der Waals surface area contributed by atoms with Crippen LogP contribution < -0.4 is 0 Å². The van der Waals surface area contributed by atoms with Gasteiger partial charge in [0.15, 0.2) is 0 Å². The summed E-state index contributed by atoms with van der Waals surface area (Å²) in [7, 11) is -1.33. The van der Waals surface area contributed by atoms with Crippen molar-refractivity contribution in [1.29, 1.82) is 0 Å². The van der Waals surface area contributed by atoms with Crippen molar-refractivity contribution in [3.05, 3.63) is 43.6 Å². The zero-order valence-electron chi connectivity index (χ0n) is 10.2. The molecule has 0 aliphatic heterocycles. The third-order valence-electron chi connectivity index (χ3n) is 0.902. The van der Waals surface area contributed by atoms with Crippen molar-refractivity contribution >= 4 is 19.2 Å². The maximum Gasteiger partial charge on any atom is 0 e. The topological polar surface area (TPSA) is 79.9 Å². The van der Waals surface area contributed by atoms with Crippen LogP contribution in [0.15, 0.2) is 6.07 Å². The van der Waals surface area contributed by atoms with Gasteiger partial charge in [-0.2, -0.15) is 0 Å². The Kier molecular flexibility index (Phi) is 27.8. The molecule has 0 saturated carbocycles. The fourth-order valence-corrected chi connectivity index (χ4v) is 3.36. The van der Waals surface area contributed by atoms with Gasteiger partial charge in [0, 0.05) is 22.4 Å². The number of rotatable bonds is 2. The first kappa shape index (κ1) is 26.3. The van der Waals surface area contributed by atoms with Crippen LogP contribution in [0.3, 0.4) is 0 Å². The smallest absolute Gasteiger partial charge is 0 e. The maximum atomic E-state index is 10.0. The molecule has 0 saturated heterocycles. The molecule has 1 aromatic carbocycles. The molecule has 104 valence electrons. The maximum absolute atomic E-state index is 10.0. The Hall–Kier alpha value is -0.324. The van der Waals surface area contributed by atoms with Gasteiger partial charge in [-0.05, 0) is 0 Å². The fourth-order valence-electron chi connectivity index (χ4n) is 0.534. The molecule has 1 aromatic rings. The Morgan fingerprint density at radius 3 is 1.56 bits per heavy atom. The molecule has 1 atom stereocenters. The first-order valence-corrected chi connectivity index (χ1v) is 9.16. The predicted molar refractivity (Wildman–Crippen MR) is 62.4 cm³/mol. The van der Waals surface area contributed by atoms with Crippen LogP contribution in [-0.4, -0.2) is 22.2 Å². The fraction of sp³-hybridized carbons (Fsp3) is 0.364. The van der Waals surface area contributed by atoms with Crippen molar-refractivity contribution in [3.63, 3.8) is 0 Å². The quantitative estimate of drug-likeness (QED) is 0.355. The molecule has 0 radical (unpaired) electrons. The van der Waals surface area contributed by atoms with E-state index in [0.29, 0.717) is 5.38 Å². The molecular weight excluding hydrogens is 312 g/mol. The molecule has 0 fully saturated rings. The molecule has 0 amide bonds. The minimum atomic E-state index is -1.82. The Morgan fingerprint density at radius 2 is 1.50 bits per heavy atom.